The second-order valence-corrected chi connectivity index (χ2v) is 5.86. The van der Waals surface area contributed by atoms with E-state index in [1.165, 1.54) is 0 Å². The minimum Gasteiger partial charge on any atom is -0.391 e. The quantitative estimate of drug-likeness (QED) is 0.874. The van der Waals surface area contributed by atoms with Crippen LogP contribution in [0.15, 0.2) is 0 Å². The summed E-state index contributed by atoms with van der Waals surface area (Å²) in [5.74, 6) is 0. The van der Waals surface area contributed by atoms with Gasteiger partial charge in [0.05, 0.1) is 22.5 Å². The lowest BCUT2D eigenvalue weighted by Gasteiger charge is -2.40. The second kappa shape index (κ2) is 6.25. The van der Waals surface area contributed by atoms with Crippen molar-refractivity contribution in [1.82, 2.24) is 14.7 Å². The molecule has 0 radical (unpaired) electrons. The maximum Gasteiger partial charge on any atom is 0.0848 e. The lowest BCUT2D eigenvalue weighted by molar-refractivity contribution is 0.00192. The Bertz CT molecular complexity index is 431. The van der Waals surface area contributed by atoms with Gasteiger partial charge in [0.15, 0.2) is 0 Å². The van der Waals surface area contributed by atoms with Gasteiger partial charge in [-0.2, -0.15) is 5.10 Å². The smallest absolute Gasteiger partial charge is 0.0848 e. The van der Waals surface area contributed by atoms with E-state index in [9.17, 15) is 5.11 Å². The average Bonchev–Trinajstić information content (AvgIpc) is 2.64. The molecule has 2 atom stereocenters. The van der Waals surface area contributed by atoms with E-state index in [0.717, 1.165) is 24.4 Å². The van der Waals surface area contributed by atoms with Gasteiger partial charge in [-0.05, 0) is 41.3 Å². The summed E-state index contributed by atoms with van der Waals surface area (Å²) >= 11 is 6.30. The van der Waals surface area contributed by atoms with Crippen molar-refractivity contribution in [2.75, 3.05) is 14.1 Å². The molecule has 0 spiro atoms. The summed E-state index contributed by atoms with van der Waals surface area (Å²) in [7, 11) is 3.99. The first kappa shape index (κ1) is 16.5. The zero-order chi connectivity index (χ0) is 14.8. The van der Waals surface area contributed by atoms with Crippen molar-refractivity contribution in [2.45, 2.75) is 58.7 Å². The maximum atomic E-state index is 10.6. The molecule has 0 aliphatic heterocycles. The van der Waals surface area contributed by atoms with Crippen LogP contribution in [0.1, 0.15) is 38.6 Å². The van der Waals surface area contributed by atoms with Gasteiger partial charge in [-0.15, -0.1) is 0 Å². The molecular formula is C14H26ClN3O. The first-order chi connectivity index (χ1) is 8.77. The molecule has 0 saturated heterocycles. The van der Waals surface area contributed by atoms with Crippen LogP contribution in [0.4, 0.5) is 0 Å². The Hall–Kier alpha value is -0.580. The van der Waals surface area contributed by atoms with Crippen LogP contribution in [-0.2, 0) is 13.0 Å². The van der Waals surface area contributed by atoms with E-state index in [2.05, 4.69) is 23.8 Å². The van der Waals surface area contributed by atoms with Gasteiger partial charge in [0.1, 0.15) is 0 Å². The number of aliphatic hydroxyl groups is 1. The minimum atomic E-state index is -0.480. The summed E-state index contributed by atoms with van der Waals surface area (Å²) in [4.78, 5) is 2.07. The Morgan fingerprint density at radius 3 is 2.42 bits per heavy atom. The monoisotopic (exact) mass is 287 g/mol. The van der Waals surface area contributed by atoms with Crippen LogP contribution in [-0.4, -0.2) is 45.5 Å². The van der Waals surface area contributed by atoms with E-state index in [1.54, 1.807) is 0 Å². The van der Waals surface area contributed by atoms with Gasteiger partial charge < -0.3 is 10.0 Å². The van der Waals surface area contributed by atoms with Gasteiger partial charge in [0, 0.05) is 18.5 Å². The number of rotatable bonds is 6. The van der Waals surface area contributed by atoms with Gasteiger partial charge in [-0.1, -0.05) is 18.5 Å². The summed E-state index contributed by atoms with van der Waals surface area (Å²) in [6.45, 7) is 8.86. The van der Waals surface area contributed by atoms with Crippen LogP contribution in [0.3, 0.4) is 0 Å². The highest BCUT2D eigenvalue weighted by molar-refractivity contribution is 6.31. The third kappa shape index (κ3) is 3.12. The molecule has 5 heteroatoms. The highest BCUT2D eigenvalue weighted by Gasteiger charge is 2.34. The first-order valence-electron chi connectivity index (χ1n) is 6.85. The van der Waals surface area contributed by atoms with E-state index >= 15 is 0 Å². The molecule has 0 amide bonds. The van der Waals surface area contributed by atoms with Crippen molar-refractivity contribution in [2.24, 2.45) is 0 Å². The molecule has 0 saturated carbocycles. The van der Waals surface area contributed by atoms with Crippen LogP contribution in [0.5, 0.6) is 0 Å². The zero-order valence-corrected chi connectivity index (χ0v) is 13.6. The fourth-order valence-corrected chi connectivity index (χ4v) is 2.53. The molecule has 0 aliphatic carbocycles. The van der Waals surface area contributed by atoms with Crippen molar-refractivity contribution >= 4 is 11.6 Å². The van der Waals surface area contributed by atoms with Gasteiger partial charge in [-0.25, -0.2) is 0 Å². The fraction of sp³-hybridized carbons (Fsp3) is 0.786. The second-order valence-electron chi connectivity index (χ2n) is 5.49. The summed E-state index contributed by atoms with van der Waals surface area (Å²) in [6.07, 6.45) is 0.917. The molecule has 4 nitrogen and oxygen atoms in total. The van der Waals surface area contributed by atoms with Crippen molar-refractivity contribution < 1.29 is 5.11 Å². The van der Waals surface area contributed by atoms with Crippen molar-refractivity contribution in [1.29, 1.82) is 0 Å². The number of hydrogen-bond donors (Lipinski definition) is 1. The normalized spacial score (nSPS) is 16.7. The number of nitrogens with zero attached hydrogens (tertiary/aromatic N) is 3. The molecule has 0 bridgehead atoms. The molecule has 0 fully saturated rings. The molecule has 0 aromatic carbocycles. The topological polar surface area (TPSA) is 41.3 Å². The van der Waals surface area contributed by atoms with Crippen LogP contribution in [0.25, 0.3) is 0 Å². The maximum absolute atomic E-state index is 10.6. The molecule has 1 aromatic heterocycles. The van der Waals surface area contributed by atoms with Gasteiger partial charge in [-0.3, -0.25) is 4.68 Å². The SMILES string of the molecule is CCn1nc(C)c(Cl)c1CC(O)C(C)(CC)N(C)C. The Morgan fingerprint density at radius 1 is 1.42 bits per heavy atom. The number of halogens is 1. The summed E-state index contributed by atoms with van der Waals surface area (Å²) in [5, 5.41) is 15.7. The first-order valence-corrected chi connectivity index (χ1v) is 7.22. The lowest BCUT2D eigenvalue weighted by Crippen LogP contribution is -2.51. The van der Waals surface area contributed by atoms with E-state index < -0.39 is 6.10 Å². The van der Waals surface area contributed by atoms with Crippen LogP contribution in [0.2, 0.25) is 5.02 Å². The molecule has 2 unspecified atom stereocenters. The summed E-state index contributed by atoms with van der Waals surface area (Å²) in [6, 6.07) is 0. The van der Waals surface area contributed by atoms with Crippen LogP contribution < -0.4 is 0 Å². The third-order valence-electron chi connectivity index (χ3n) is 4.29. The molecule has 1 aromatic rings. The van der Waals surface area contributed by atoms with Crippen LogP contribution in [0, 0.1) is 6.92 Å². The Labute approximate surface area is 121 Å². The number of likely N-dealkylation sites (N-methyl/N-ethyl adjacent to an activating group) is 1. The zero-order valence-electron chi connectivity index (χ0n) is 12.9. The van der Waals surface area contributed by atoms with E-state index in [0.29, 0.717) is 11.4 Å². The van der Waals surface area contributed by atoms with Gasteiger partial charge >= 0.3 is 0 Å². The molecule has 110 valence electrons. The predicted molar refractivity (Wildman–Crippen MR) is 79.7 cm³/mol. The molecule has 1 heterocycles. The van der Waals surface area contributed by atoms with Crippen molar-refractivity contribution in [3.05, 3.63) is 16.4 Å². The molecule has 1 N–H and O–H groups in total. The van der Waals surface area contributed by atoms with Crippen molar-refractivity contribution in [3.63, 3.8) is 0 Å². The Balaban J connectivity index is 3.02. The average molecular weight is 288 g/mol. The Kier molecular flexibility index (Phi) is 5.42. The van der Waals surface area contributed by atoms with Gasteiger partial charge in [0.25, 0.3) is 0 Å². The minimum absolute atomic E-state index is 0.264. The molecule has 19 heavy (non-hydrogen) atoms. The molecule has 0 aliphatic rings. The standard InChI is InChI=1S/C14H26ClN3O/c1-7-14(4,17(5)6)12(19)9-11-13(15)10(3)16-18(11)8-2/h12,19H,7-9H2,1-6H3. The number of aryl methyl sites for hydroxylation is 2. The van der Waals surface area contributed by atoms with Gasteiger partial charge in [0.2, 0.25) is 0 Å². The van der Waals surface area contributed by atoms with Crippen LogP contribution >= 0.6 is 11.6 Å². The molecule has 1 rings (SSSR count). The Morgan fingerprint density at radius 2 is 2.00 bits per heavy atom. The highest BCUT2D eigenvalue weighted by atomic mass is 35.5. The largest absolute Gasteiger partial charge is 0.391 e. The third-order valence-corrected chi connectivity index (χ3v) is 4.79. The van der Waals surface area contributed by atoms with E-state index in [4.69, 9.17) is 11.6 Å². The highest BCUT2D eigenvalue weighted by Crippen LogP contribution is 2.27. The number of aliphatic hydroxyl groups excluding tert-OH is 1. The van der Waals surface area contributed by atoms with E-state index in [-0.39, 0.29) is 5.54 Å². The number of aromatic nitrogens is 2. The summed E-state index contributed by atoms with van der Waals surface area (Å²) in [5.41, 5.74) is 1.49. The number of hydrogen-bond acceptors (Lipinski definition) is 3. The summed E-state index contributed by atoms with van der Waals surface area (Å²) < 4.78 is 1.88. The molecular weight excluding hydrogens is 262 g/mol. The van der Waals surface area contributed by atoms with E-state index in [1.807, 2.05) is 32.6 Å². The lowest BCUT2D eigenvalue weighted by atomic mass is 9.87. The van der Waals surface area contributed by atoms with Crippen molar-refractivity contribution in [3.8, 4) is 0 Å². The fourth-order valence-electron chi connectivity index (χ4n) is 2.32. The predicted octanol–water partition coefficient (Wildman–Crippen LogP) is 2.50.